The Kier molecular flexibility index (Phi) is 2.18. The van der Waals surface area contributed by atoms with Gasteiger partial charge in [-0.1, -0.05) is 0 Å². The van der Waals surface area contributed by atoms with Gasteiger partial charge in [-0.2, -0.15) is 0 Å². The quantitative estimate of drug-likeness (QED) is 0.285. The van der Waals surface area contributed by atoms with Gasteiger partial charge >= 0.3 is 12.2 Å². The van der Waals surface area contributed by atoms with Gasteiger partial charge in [0.05, 0.1) is 5.18 Å². The van der Waals surface area contributed by atoms with Crippen molar-refractivity contribution in [2.75, 3.05) is 0 Å². The highest BCUT2D eigenvalue weighted by atomic mass is 16.7. The van der Waals surface area contributed by atoms with E-state index in [1.807, 2.05) is 0 Å². The summed E-state index contributed by atoms with van der Waals surface area (Å²) in [5.41, 5.74) is 0. The molecule has 0 fully saturated rings. The van der Waals surface area contributed by atoms with E-state index in [9.17, 15) is 9.59 Å². The Morgan fingerprint density at radius 2 is 2.00 bits per heavy atom. The van der Waals surface area contributed by atoms with E-state index in [0.29, 0.717) is 0 Å². The average molecular weight is 119 g/mol. The van der Waals surface area contributed by atoms with Crippen LogP contribution in [0.1, 0.15) is 0 Å². The maximum absolute atomic E-state index is 9.54. The van der Waals surface area contributed by atoms with Crippen molar-refractivity contribution in [3.8, 4) is 0 Å². The van der Waals surface area contributed by atoms with Crippen molar-refractivity contribution < 1.29 is 19.4 Å². The Hall–Kier alpha value is -1.46. The lowest BCUT2D eigenvalue weighted by Gasteiger charge is -1.83. The lowest BCUT2D eigenvalue weighted by atomic mass is 11.2. The van der Waals surface area contributed by atoms with E-state index in [1.165, 1.54) is 0 Å². The summed E-state index contributed by atoms with van der Waals surface area (Å²) in [6.07, 6.45) is -3.49. The molecule has 1 amide bonds. The van der Waals surface area contributed by atoms with Gasteiger partial charge in [0.15, 0.2) is 0 Å². The molecule has 0 aliphatic carbocycles. The van der Waals surface area contributed by atoms with Crippen LogP contribution in [0, 0.1) is 4.91 Å². The number of carbonyl (C=O) groups is 2. The Balaban J connectivity index is 3.55. The van der Waals surface area contributed by atoms with Crippen LogP contribution in [0.3, 0.4) is 0 Å². The number of hydrogen-bond donors (Lipinski definition) is 1. The predicted molar refractivity (Wildman–Crippen MR) is 20.3 cm³/mol. The standard InChI is InChI=1S/C2HNO5/c4-1(3-7)8-2(5)6/h(H,5,6). The number of nitroso groups, excluding NO2 is 1. The highest BCUT2D eigenvalue weighted by molar-refractivity contribution is 5.79. The van der Waals surface area contributed by atoms with Gasteiger partial charge in [0.2, 0.25) is 0 Å². The second-order valence-corrected chi connectivity index (χ2v) is 0.725. The van der Waals surface area contributed by atoms with Crippen LogP contribution in [0.15, 0.2) is 5.18 Å². The van der Waals surface area contributed by atoms with Crippen molar-refractivity contribution in [2.24, 2.45) is 5.18 Å². The molecule has 6 heteroatoms. The highest BCUT2D eigenvalue weighted by Gasteiger charge is 2.05. The zero-order chi connectivity index (χ0) is 6.57. The lowest BCUT2D eigenvalue weighted by Crippen LogP contribution is -2.03. The van der Waals surface area contributed by atoms with Crippen LogP contribution in [0.4, 0.5) is 9.59 Å². The fourth-order valence-electron chi connectivity index (χ4n) is 0.0933. The third kappa shape index (κ3) is 2.76. The SMILES string of the molecule is O=NC(=O)OC(=O)O. The molecule has 0 atom stereocenters. The average Bonchev–Trinajstić information content (AvgIpc) is 1.65. The number of carbonyl (C=O) groups excluding carboxylic acids is 1. The zero-order valence-electron chi connectivity index (χ0n) is 3.53. The highest BCUT2D eigenvalue weighted by Crippen LogP contribution is 1.81. The summed E-state index contributed by atoms with van der Waals surface area (Å²) in [5, 5.41) is 9.21. The van der Waals surface area contributed by atoms with Crippen LogP contribution in [-0.4, -0.2) is 17.4 Å². The molecule has 6 nitrogen and oxygen atoms in total. The van der Waals surface area contributed by atoms with Crippen molar-refractivity contribution >= 4 is 12.2 Å². The van der Waals surface area contributed by atoms with Crippen molar-refractivity contribution in [1.82, 2.24) is 0 Å². The lowest BCUT2D eigenvalue weighted by molar-refractivity contribution is 0.114. The minimum atomic E-state index is -1.84. The monoisotopic (exact) mass is 119 g/mol. The molecule has 0 bridgehead atoms. The molecule has 0 aromatic carbocycles. The molecule has 0 unspecified atom stereocenters. The number of hydrogen-bond acceptors (Lipinski definition) is 4. The van der Waals surface area contributed by atoms with Crippen LogP contribution < -0.4 is 0 Å². The fourth-order valence-corrected chi connectivity index (χ4v) is 0.0933. The molecule has 0 saturated heterocycles. The fraction of sp³-hybridized carbons (Fsp3) is 0. The molecule has 0 heterocycles. The van der Waals surface area contributed by atoms with Gasteiger partial charge in [-0.3, -0.25) is 0 Å². The topological polar surface area (TPSA) is 93.0 Å². The molecule has 0 aromatic rings. The largest absolute Gasteiger partial charge is 0.515 e. The molecule has 0 saturated carbocycles. The Morgan fingerprint density at radius 3 is 2.12 bits per heavy atom. The van der Waals surface area contributed by atoms with Gasteiger partial charge in [-0.15, -0.1) is 4.91 Å². The van der Waals surface area contributed by atoms with Crippen molar-refractivity contribution in [3.05, 3.63) is 4.91 Å². The van der Waals surface area contributed by atoms with Crippen molar-refractivity contribution in [3.63, 3.8) is 0 Å². The molecule has 8 heavy (non-hydrogen) atoms. The van der Waals surface area contributed by atoms with E-state index in [1.54, 1.807) is 5.18 Å². The summed E-state index contributed by atoms with van der Waals surface area (Å²) < 4.78 is 3.20. The second kappa shape index (κ2) is 2.67. The molecular weight excluding hydrogens is 118 g/mol. The second-order valence-electron chi connectivity index (χ2n) is 0.725. The molecule has 0 aliphatic rings. The molecular formula is C2HNO5. The van der Waals surface area contributed by atoms with Crippen LogP contribution in [0.2, 0.25) is 0 Å². The van der Waals surface area contributed by atoms with E-state index in [-0.39, 0.29) is 0 Å². The van der Waals surface area contributed by atoms with Crippen LogP contribution >= 0.6 is 0 Å². The first-order chi connectivity index (χ1) is 3.66. The van der Waals surface area contributed by atoms with Crippen molar-refractivity contribution in [1.29, 1.82) is 0 Å². The van der Waals surface area contributed by atoms with E-state index >= 15 is 0 Å². The first kappa shape index (κ1) is 6.54. The molecule has 0 aliphatic heterocycles. The molecule has 0 spiro atoms. The van der Waals surface area contributed by atoms with Gasteiger partial charge < -0.3 is 9.84 Å². The Labute approximate surface area is 43.0 Å². The smallest absolute Gasteiger partial charge is 0.449 e. The maximum Gasteiger partial charge on any atom is 0.515 e. The molecule has 0 aromatic heterocycles. The van der Waals surface area contributed by atoms with Gasteiger partial charge in [0.1, 0.15) is 0 Å². The summed E-state index contributed by atoms with van der Waals surface area (Å²) in [7, 11) is 0. The van der Waals surface area contributed by atoms with Crippen LogP contribution in [-0.2, 0) is 4.74 Å². The summed E-state index contributed by atoms with van der Waals surface area (Å²) in [5.74, 6) is 0. The van der Waals surface area contributed by atoms with E-state index in [0.717, 1.165) is 0 Å². The third-order valence-corrected chi connectivity index (χ3v) is 0.249. The maximum atomic E-state index is 9.54. The van der Waals surface area contributed by atoms with Crippen LogP contribution in [0.5, 0.6) is 0 Å². The van der Waals surface area contributed by atoms with Gasteiger partial charge in [-0.25, -0.2) is 9.59 Å². The van der Waals surface area contributed by atoms with E-state index in [4.69, 9.17) is 10.0 Å². The summed E-state index contributed by atoms with van der Waals surface area (Å²) >= 11 is 0. The van der Waals surface area contributed by atoms with Crippen LogP contribution in [0.25, 0.3) is 0 Å². The minimum absolute atomic E-state index is 1.64. The Bertz CT molecular complexity index is 128. The first-order valence-electron chi connectivity index (χ1n) is 1.45. The van der Waals surface area contributed by atoms with Gasteiger partial charge in [0.25, 0.3) is 0 Å². The third-order valence-electron chi connectivity index (χ3n) is 0.249. The number of ether oxygens (including phenoxy) is 1. The zero-order valence-corrected chi connectivity index (χ0v) is 3.53. The van der Waals surface area contributed by atoms with E-state index < -0.39 is 12.2 Å². The van der Waals surface area contributed by atoms with Crippen molar-refractivity contribution in [2.45, 2.75) is 0 Å². The summed E-state index contributed by atoms with van der Waals surface area (Å²) in [6, 6.07) is 0. The number of rotatable bonds is 0. The van der Waals surface area contributed by atoms with Gasteiger partial charge in [0, 0.05) is 0 Å². The normalized spacial score (nSPS) is 7.50. The first-order valence-corrected chi connectivity index (χ1v) is 1.45. The Morgan fingerprint density at radius 1 is 1.50 bits per heavy atom. The minimum Gasteiger partial charge on any atom is -0.449 e. The molecule has 0 radical (unpaired) electrons. The molecule has 0 rings (SSSR count). The van der Waals surface area contributed by atoms with Gasteiger partial charge in [-0.05, 0) is 0 Å². The summed E-state index contributed by atoms with van der Waals surface area (Å²) in [6.45, 7) is 0. The number of carboxylic acid groups (broad SMARTS) is 1. The number of amides is 1. The summed E-state index contributed by atoms with van der Waals surface area (Å²) in [4.78, 5) is 27.9. The molecule has 1 N–H and O–H groups in total. The number of nitrogens with zero attached hydrogens (tertiary/aromatic N) is 1. The predicted octanol–water partition coefficient (Wildman–Crippen LogP) is 0.567. The molecule has 44 valence electrons. The van der Waals surface area contributed by atoms with E-state index in [2.05, 4.69) is 4.74 Å².